The van der Waals surface area contributed by atoms with Crippen LogP contribution in [0.1, 0.15) is 25.0 Å². The fraction of sp³-hybridized carbons (Fsp3) is 0.200. The minimum atomic E-state index is -2.83. The van der Waals surface area contributed by atoms with Gasteiger partial charge in [0.2, 0.25) is 0 Å². The third-order valence-electron chi connectivity index (χ3n) is 3.62. The summed E-state index contributed by atoms with van der Waals surface area (Å²) in [6.45, 7) is 1.55. The molecular weight excluding hydrogens is 289 g/mol. The molecule has 0 atom stereocenters. The lowest BCUT2D eigenvalue weighted by molar-refractivity contribution is 0.486. The van der Waals surface area contributed by atoms with Crippen molar-refractivity contribution in [2.24, 2.45) is 5.50 Å². The van der Waals surface area contributed by atoms with Gasteiger partial charge in [0.1, 0.15) is 11.5 Å². The summed E-state index contributed by atoms with van der Waals surface area (Å²) in [5.74, 6) is 1.29. The molecule has 2 aromatic rings. The van der Waals surface area contributed by atoms with Crippen molar-refractivity contribution < 1.29 is 9.05 Å². The van der Waals surface area contributed by atoms with Gasteiger partial charge in [-0.1, -0.05) is 38.1 Å². The van der Waals surface area contributed by atoms with Gasteiger partial charge in [-0.05, 0) is 35.4 Å². The molecule has 20 heavy (non-hydrogen) atoms. The van der Waals surface area contributed by atoms with Gasteiger partial charge in [0.15, 0.2) is 0 Å². The van der Waals surface area contributed by atoms with Gasteiger partial charge in [-0.25, -0.2) is 5.50 Å². The summed E-state index contributed by atoms with van der Waals surface area (Å²) in [7, 11) is 0. The van der Waals surface area contributed by atoms with Crippen molar-refractivity contribution in [1.29, 1.82) is 0 Å². The van der Waals surface area contributed by atoms with Crippen LogP contribution >= 0.6 is 6.64 Å². The molecule has 6 rings (SSSR count). The van der Waals surface area contributed by atoms with E-state index in [1.165, 1.54) is 11.1 Å². The maximum absolute atomic E-state index is 5.97. The van der Waals surface area contributed by atoms with Crippen LogP contribution in [-0.4, -0.2) is 0 Å². The summed E-state index contributed by atoms with van der Waals surface area (Å²) in [5, 5.41) is 0. The Balaban J connectivity index is 2.20. The predicted molar refractivity (Wildman–Crippen MR) is 84.7 cm³/mol. The third-order valence-corrected chi connectivity index (χ3v) is 5.00. The van der Waals surface area contributed by atoms with Crippen molar-refractivity contribution in [1.82, 2.24) is 0 Å². The standard InChI is InChI=1S/C15H16NO2PS/c1-15(2)11-3-7-13(8-4-11)17-19(16,20)18-14-9-5-12(15)6-10-14/h3-10H,1-2H3,(H2,16,20). The van der Waals surface area contributed by atoms with Crippen LogP contribution in [0.3, 0.4) is 0 Å². The Labute approximate surface area is 123 Å². The van der Waals surface area contributed by atoms with E-state index in [2.05, 4.69) is 13.8 Å². The first kappa shape index (κ1) is 13.6. The van der Waals surface area contributed by atoms with Crippen LogP contribution in [0, 0.1) is 0 Å². The highest BCUT2D eigenvalue weighted by atomic mass is 32.5. The SMILES string of the molecule is CC1(C)c2ccc(cc2)OP(N)(=S)Oc2ccc1cc2. The monoisotopic (exact) mass is 305 g/mol. The topological polar surface area (TPSA) is 44.5 Å². The van der Waals surface area contributed by atoms with Crippen LogP contribution in [0.25, 0.3) is 0 Å². The van der Waals surface area contributed by atoms with Crippen molar-refractivity contribution in [3.8, 4) is 11.5 Å². The molecule has 4 heterocycles. The van der Waals surface area contributed by atoms with Crippen LogP contribution in [0.5, 0.6) is 11.5 Å². The van der Waals surface area contributed by atoms with Crippen LogP contribution in [0.4, 0.5) is 0 Å². The fourth-order valence-corrected chi connectivity index (χ4v) is 3.73. The number of hydrogen-bond donors (Lipinski definition) is 1. The zero-order valence-electron chi connectivity index (χ0n) is 11.4. The van der Waals surface area contributed by atoms with Gasteiger partial charge < -0.3 is 9.05 Å². The molecule has 2 N–H and O–H groups in total. The summed E-state index contributed by atoms with van der Waals surface area (Å²) >= 11 is 5.24. The largest absolute Gasteiger partial charge is 0.425 e. The highest BCUT2D eigenvalue weighted by molar-refractivity contribution is 8.09. The van der Waals surface area contributed by atoms with Crippen LogP contribution in [0.2, 0.25) is 0 Å². The Hall–Kier alpha value is -1.35. The van der Waals surface area contributed by atoms with Crippen molar-refractivity contribution in [2.45, 2.75) is 19.3 Å². The van der Waals surface area contributed by atoms with Gasteiger partial charge in [0.05, 0.1) is 0 Å². The predicted octanol–water partition coefficient (Wildman–Crippen LogP) is 3.97. The molecule has 4 aliphatic rings. The van der Waals surface area contributed by atoms with Gasteiger partial charge >= 0.3 is 6.64 Å². The highest BCUT2D eigenvalue weighted by Gasteiger charge is 2.25. The Morgan fingerprint density at radius 1 is 0.850 bits per heavy atom. The number of nitrogens with two attached hydrogens (primary N) is 1. The molecule has 104 valence electrons. The molecular formula is C15H16NO2PS. The second-order valence-corrected chi connectivity index (χ2v) is 8.37. The Morgan fingerprint density at radius 2 is 1.20 bits per heavy atom. The van der Waals surface area contributed by atoms with E-state index in [0.29, 0.717) is 11.5 Å². The maximum atomic E-state index is 5.97. The number of benzene rings is 2. The lowest BCUT2D eigenvalue weighted by Gasteiger charge is -2.28. The Bertz CT molecular complexity index is 625. The first-order valence-corrected chi connectivity index (χ1v) is 9.06. The van der Waals surface area contributed by atoms with Crippen molar-refractivity contribution in [3.05, 3.63) is 59.7 Å². The van der Waals surface area contributed by atoms with Gasteiger partial charge in [0.25, 0.3) is 0 Å². The minimum Gasteiger partial charge on any atom is -0.425 e. The second-order valence-electron chi connectivity index (χ2n) is 5.40. The molecule has 2 aromatic carbocycles. The van der Waals surface area contributed by atoms with Crippen molar-refractivity contribution in [2.75, 3.05) is 0 Å². The summed E-state index contributed by atoms with van der Waals surface area (Å²) < 4.78 is 11.3. The summed E-state index contributed by atoms with van der Waals surface area (Å²) in [4.78, 5) is 0. The molecule has 0 aromatic heterocycles. The van der Waals surface area contributed by atoms with Gasteiger partial charge in [-0.3, -0.25) is 0 Å². The van der Waals surface area contributed by atoms with Crippen LogP contribution in [-0.2, 0) is 17.2 Å². The first-order chi connectivity index (χ1) is 9.37. The molecule has 0 saturated heterocycles. The average molecular weight is 305 g/mol. The Kier molecular flexibility index (Phi) is 3.13. The highest BCUT2D eigenvalue weighted by Crippen LogP contribution is 2.43. The number of hydrogen-bond acceptors (Lipinski definition) is 3. The molecule has 4 bridgehead atoms. The molecule has 3 nitrogen and oxygen atoms in total. The van der Waals surface area contributed by atoms with Gasteiger partial charge in [-0.15, -0.1) is 0 Å². The molecule has 4 aliphatic heterocycles. The van der Waals surface area contributed by atoms with E-state index in [4.69, 9.17) is 26.4 Å². The molecule has 5 heteroatoms. The fourth-order valence-electron chi connectivity index (χ4n) is 2.34. The molecule has 0 spiro atoms. The summed E-state index contributed by atoms with van der Waals surface area (Å²) in [6, 6.07) is 15.7. The van der Waals surface area contributed by atoms with E-state index < -0.39 is 6.64 Å². The second kappa shape index (κ2) is 4.59. The lowest BCUT2D eigenvalue weighted by atomic mass is 9.78. The van der Waals surface area contributed by atoms with E-state index in [-0.39, 0.29) is 5.41 Å². The minimum absolute atomic E-state index is 0.0842. The quantitative estimate of drug-likeness (QED) is 0.748. The average Bonchev–Trinajstić information content (AvgIpc) is 2.38. The van der Waals surface area contributed by atoms with Crippen LogP contribution < -0.4 is 14.6 Å². The molecule has 0 unspecified atom stereocenters. The summed E-state index contributed by atoms with van der Waals surface area (Å²) in [6.07, 6.45) is 0. The van der Waals surface area contributed by atoms with E-state index >= 15 is 0 Å². The molecule has 0 amide bonds. The lowest BCUT2D eigenvalue weighted by Crippen LogP contribution is -2.19. The summed E-state index contributed by atoms with van der Waals surface area (Å²) in [5.41, 5.74) is 8.31. The molecule has 0 radical (unpaired) electrons. The van der Waals surface area contributed by atoms with Crippen molar-refractivity contribution in [3.63, 3.8) is 0 Å². The normalized spacial score (nSPS) is 18.6. The van der Waals surface area contributed by atoms with Gasteiger partial charge in [0, 0.05) is 17.2 Å². The van der Waals surface area contributed by atoms with E-state index in [1.54, 1.807) is 0 Å². The molecule has 0 aliphatic carbocycles. The maximum Gasteiger partial charge on any atom is 0.362 e. The Morgan fingerprint density at radius 3 is 1.55 bits per heavy atom. The van der Waals surface area contributed by atoms with E-state index in [0.717, 1.165) is 0 Å². The molecule has 0 saturated carbocycles. The molecule has 0 fully saturated rings. The zero-order chi connectivity index (χ0) is 14.4. The van der Waals surface area contributed by atoms with E-state index in [9.17, 15) is 0 Å². The number of rotatable bonds is 0. The smallest absolute Gasteiger partial charge is 0.362 e. The van der Waals surface area contributed by atoms with Crippen molar-refractivity contribution >= 4 is 18.4 Å². The van der Waals surface area contributed by atoms with Gasteiger partial charge in [-0.2, -0.15) is 0 Å². The van der Waals surface area contributed by atoms with E-state index in [1.807, 2.05) is 48.5 Å². The third kappa shape index (κ3) is 2.47. The van der Waals surface area contributed by atoms with Crippen LogP contribution in [0.15, 0.2) is 48.5 Å². The first-order valence-electron chi connectivity index (χ1n) is 6.36. The zero-order valence-corrected chi connectivity index (χ0v) is 13.1.